The molecule has 4 rings (SSSR count). The SMILES string of the molecule is Cl.O.O=C(Cn1c(-c2ccc(Br)cc2)nc2cccnc21)NCCN1CCCCC1. The zero-order valence-electron chi connectivity index (χ0n) is 16.7. The molecule has 0 spiro atoms. The normalized spacial score (nSPS) is 14.0. The Labute approximate surface area is 190 Å². The van der Waals surface area contributed by atoms with E-state index in [1.807, 2.05) is 41.0 Å². The van der Waals surface area contributed by atoms with Gasteiger partial charge in [0.15, 0.2) is 5.65 Å². The van der Waals surface area contributed by atoms with E-state index in [2.05, 4.69) is 31.1 Å². The number of fused-ring (bicyclic) bond motifs is 1. The Hall–Kier alpha value is -2.00. The first-order chi connectivity index (χ1) is 13.7. The lowest BCUT2D eigenvalue weighted by Crippen LogP contribution is -2.38. The summed E-state index contributed by atoms with van der Waals surface area (Å²) < 4.78 is 2.90. The molecule has 3 heterocycles. The molecule has 30 heavy (non-hydrogen) atoms. The minimum absolute atomic E-state index is 0. The van der Waals surface area contributed by atoms with Crippen LogP contribution in [0.2, 0.25) is 0 Å². The number of nitrogens with zero attached hydrogens (tertiary/aromatic N) is 4. The van der Waals surface area contributed by atoms with Gasteiger partial charge in [-0.05, 0) is 50.2 Å². The van der Waals surface area contributed by atoms with Crippen LogP contribution in [0.25, 0.3) is 22.6 Å². The van der Waals surface area contributed by atoms with Gasteiger partial charge in [0.2, 0.25) is 5.91 Å². The highest BCUT2D eigenvalue weighted by Crippen LogP contribution is 2.25. The fourth-order valence-electron chi connectivity index (χ4n) is 3.66. The van der Waals surface area contributed by atoms with Crippen LogP contribution in [0.15, 0.2) is 47.1 Å². The van der Waals surface area contributed by atoms with E-state index in [9.17, 15) is 4.79 Å². The highest BCUT2D eigenvalue weighted by atomic mass is 79.9. The van der Waals surface area contributed by atoms with Gasteiger partial charge in [-0.15, -0.1) is 12.4 Å². The smallest absolute Gasteiger partial charge is 0.240 e. The molecule has 1 aliphatic heterocycles. The number of hydrogen-bond donors (Lipinski definition) is 1. The van der Waals surface area contributed by atoms with Crippen LogP contribution in [0.3, 0.4) is 0 Å². The average Bonchev–Trinajstić information content (AvgIpc) is 3.08. The van der Waals surface area contributed by atoms with Crippen molar-refractivity contribution >= 4 is 45.4 Å². The van der Waals surface area contributed by atoms with Crippen LogP contribution in [0, 0.1) is 0 Å². The lowest BCUT2D eigenvalue weighted by molar-refractivity contribution is -0.121. The Balaban J connectivity index is 0.00000160. The number of pyridine rings is 1. The number of imidazole rings is 1. The van der Waals surface area contributed by atoms with E-state index in [-0.39, 0.29) is 30.3 Å². The van der Waals surface area contributed by atoms with Gasteiger partial charge < -0.3 is 15.7 Å². The molecule has 9 heteroatoms. The van der Waals surface area contributed by atoms with Gasteiger partial charge in [-0.1, -0.05) is 34.5 Å². The number of carbonyl (C=O) groups excluding carboxylic acids is 1. The summed E-state index contributed by atoms with van der Waals surface area (Å²) in [7, 11) is 0. The van der Waals surface area contributed by atoms with Crippen molar-refractivity contribution in [3.05, 3.63) is 47.1 Å². The molecule has 0 aliphatic carbocycles. The van der Waals surface area contributed by atoms with Gasteiger partial charge in [-0.25, -0.2) is 9.97 Å². The lowest BCUT2D eigenvalue weighted by atomic mass is 10.1. The van der Waals surface area contributed by atoms with Crippen molar-refractivity contribution in [1.29, 1.82) is 0 Å². The molecule has 0 unspecified atom stereocenters. The van der Waals surface area contributed by atoms with Crippen molar-refractivity contribution in [2.75, 3.05) is 26.2 Å². The first-order valence-electron chi connectivity index (χ1n) is 9.77. The summed E-state index contributed by atoms with van der Waals surface area (Å²) >= 11 is 3.47. The van der Waals surface area contributed by atoms with E-state index in [1.165, 1.54) is 19.3 Å². The van der Waals surface area contributed by atoms with Crippen molar-refractivity contribution in [3.63, 3.8) is 0 Å². The Morgan fingerprint density at radius 1 is 1.10 bits per heavy atom. The molecule has 3 N–H and O–H groups in total. The second-order valence-electron chi connectivity index (χ2n) is 7.13. The number of hydrogen-bond acceptors (Lipinski definition) is 4. The maximum absolute atomic E-state index is 12.6. The summed E-state index contributed by atoms with van der Waals surface area (Å²) in [5.41, 5.74) is 2.48. The van der Waals surface area contributed by atoms with Crippen LogP contribution in [-0.4, -0.2) is 57.0 Å². The summed E-state index contributed by atoms with van der Waals surface area (Å²) in [6.07, 6.45) is 5.58. The van der Waals surface area contributed by atoms with Crippen LogP contribution < -0.4 is 5.32 Å². The predicted molar refractivity (Wildman–Crippen MR) is 125 cm³/mol. The minimum Gasteiger partial charge on any atom is -0.412 e. The number of likely N-dealkylation sites (tertiary alicyclic amines) is 1. The van der Waals surface area contributed by atoms with Gasteiger partial charge in [0.1, 0.15) is 17.9 Å². The first-order valence-corrected chi connectivity index (χ1v) is 10.6. The van der Waals surface area contributed by atoms with Crippen LogP contribution >= 0.6 is 28.3 Å². The number of halogens is 2. The predicted octanol–water partition coefficient (Wildman–Crippen LogP) is 3.06. The number of piperidine rings is 1. The van der Waals surface area contributed by atoms with Gasteiger partial charge in [-0.2, -0.15) is 0 Å². The molecule has 162 valence electrons. The monoisotopic (exact) mass is 495 g/mol. The number of benzene rings is 1. The quantitative estimate of drug-likeness (QED) is 0.567. The number of carbonyl (C=O) groups is 1. The Morgan fingerprint density at radius 2 is 1.83 bits per heavy atom. The fourth-order valence-corrected chi connectivity index (χ4v) is 3.93. The molecule has 1 saturated heterocycles. The Morgan fingerprint density at radius 3 is 2.57 bits per heavy atom. The molecule has 0 bridgehead atoms. The van der Waals surface area contributed by atoms with Gasteiger partial charge in [0, 0.05) is 29.3 Å². The van der Waals surface area contributed by atoms with Gasteiger partial charge >= 0.3 is 0 Å². The summed E-state index contributed by atoms with van der Waals surface area (Å²) in [5.74, 6) is 0.743. The summed E-state index contributed by atoms with van der Waals surface area (Å²) in [6.45, 7) is 4.07. The fraction of sp³-hybridized carbons (Fsp3) is 0.381. The highest BCUT2D eigenvalue weighted by molar-refractivity contribution is 9.10. The molecule has 0 atom stereocenters. The summed E-state index contributed by atoms with van der Waals surface area (Å²) in [6, 6.07) is 11.7. The van der Waals surface area contributed by atoms with Crippen molar-refractivity contribution in [3.8, 4) is 11.4 Å². The van der Waals surface area contributed by atoms with Gasteiger partial charge in [0.25, 0.3) is 0 Å². The second kappa shape index (κ2) is 11.4. The van der Waals surface area contributed by atoms with E-state index in [4.69, 9.17) is 4.98 Å². The number of nitrogens with one attached hydrogen (secondary N) is 1. The van der Waals surface area contributed by atoms with E-state index in [1.54, 1.807) is 6.20 Å². The van der Waals surface area contributed by atoms with E-state index < -0.39 is 0 Å². The number of aromatic nitrogens is 3. The maximum Gasteiger partial charge on any atom is 0.240 e. The topological polar surface area (TPSA) is 94.5 Å². The Bertz CT molecular complexity index is 958. The largest absolute Gasteiger partial charge is 0.412 e. The van der Waals surface area contributed by atoms with Crippen LogP contribution in [-0.2, 0) is 11.3 Å². The number of amides is 1. The molecule has 1 aliphatic rings. The van der Waals surface area contributed by atoms with E-state index >= 15 is 0 Å². The molecular weight excluding hydrogens is 470 g/mol. The second-order valence-corrected chi connectivity index (χ2v) is 8.04. The van der Waals surface area contributed by atoms with Gasteiger partial charge in [-0.3, -0.25) is 9.36 Å². The third-order valence-corrected chi connectivity index (χ3v) is 5.64. The molecule has 3 aromatic rings. The molecule has 1 fully saturated rings. The molecule has 0 saturated carbocycles. The standard InChI is InChI=1S/C21H24BrN5O.ClH.H2O/c22-17-8-6-16(7-9-17)20-25-18-5-4-10-24-21(18)27(20)15-19(28)23-11-14-26-12-2-1-3-13-26;;/h4-10H,1-3,11-15H2,(H,23,28);1H;1H2. The Kier molecular flexibility index (Phi) is 9.23. The third-order valence-electron chi connectivity index (χ3n) is 5.11. The zero-order chi connectivity index (χ0) is 19.3. The maximum atomic E-state index is 12.6. The van der Waals surface area contributed by atoms with Crippen molar-refractivity contribution in [1.82, 2.24) is 24.8 Å². The van der Waals surface area contributed by atoms with Crippen LogP contribution in [0.4, 0.5) is 0 Å². The molecule has 0 radical (unpaired) electrons. The van der Waals surface area contributed by atoms with Crippen molar-refractivity contribution < 1.29 is 10.3 Å². The molecule has 2 aromatic heterocycles. The molecular formula is C21H27BrClN5O2. The van der Waals surface area contributed by atoms with Crippen molar-refractivity contribution in [2.45, 2.75) is 25.8 Å². The van der Waals surface area contributed by atoms with E-state index in [0.717, 1.165) is 46.7 Å². The number of rotatable bonds is 6. The lowest BCUT2D eigenvalue weighted by Gasteiger charge is -2.26. The third kappa shape index (κ3) is 5.78. The first kappa shape index (κ1) is 24.3. The zero-order valence-corrected chi connectivity index (χ0v) is 19.1. The van der Waals surface area contributed by atoms with E-state index in [0.29, 0.717) is 6.54 Å². The minimum atomic E-state index is -0.0136. The molecule has 7 nitrogen and oxygen atoms in total. The van der Waals surface area contributed by atoms with Crippen LogP contribution in [0.1, 0.15) is 19.3 Å². The van der Waals surface area contributed by atoms with Gasteiger partial charge in [0.05, 0.1) is 0 Å². The highest BCUT2D eigenvalue weighted by Gasteiger charge is 2.16. The molecule has 1 amide bonds. The molecule has 1 aromatic carbocycles. The van der Waals surface area contributed by atoms with Crippen molar-refractivity contribution in [2.24, 2.45) is 0 Å². The van der Waals surface area contributed by atoms with Crippen LogP contribution in [0.5, 0.6) is 0 Å². The average molecular weight is 497 g/mol. The summed E-state index contributed by atoms with van der Waals surface area (Å²) in [5, 5.41) is 3.06. The summed E-state index contributed by atoms with van der Waals surface area (Å²) in [4.78, 5) is 24.2.